The molecule has 1 atom stereocenters. The van der Waals surface area contributed by atoms with E-state index in [1.165, 1.54) is 49.8 Å². The fourth-order valence-electron chi connectivity index (χ4n) is 2.60. The highest BCUT2D eigenvalue weighted by Crippen LogP contribution is 2.23. The quantitative estimate of drug-likeness (QED) is 0.830. The molecular weight excluding hydrogens is 213 g/mol. The van der Waals surface area contributed by atoms with Crippen LogP contribution in [-0.4, -0.2) is 6.54 Å². The Hall–Kier alpha value is -0.890. The van der Waals surface area contributed by atoms with E-state index in [1.807, 2.05) is 12.1 Å². The van der Waals surface area contributed by atoms with Crippen molar-refractivity contribution in [1.29, 1.82) is 0 Å². The molecule has 2 rings (SSSR count). The monoisotopic (exact) mass is 235 g/mol. The van der Waals surface area contributed by atoms with E-state index < -0.39 is 0 Å². The summed E-state index contributed by atoms with van der Waals surface area (Å²) in [4.78, 5) is 0. The van der Waals surface area contributed by atoms with Crippen molar-refractivity contribution in [2.75, 3.05) is 6.54 Å². The van der Waals surface area contributed by atoms with Crippen molar-refractivity contribution in [1.82, 2.24) is 5.32 Å². The van der Waals surface area contributed by atoms with Crippen LogP contribution in [0.5, 0.6) is 0 Å². The predicted octanol–water partition coefficient (Wildman–Crippen LogP) is 4.06. The SMILES string of the molecule is CC(NCC1CCCCC1)c1ccc(F)cc1. The largest absolute Gasteiger partial charge is 0.310 e. The average Bonchev–Trinajstić information content (AvgIpc) is 2.38. The van der Waals surface area contributed by atoms with Gasteiger partial charge in [0.25, 0.3) is 0 Å². The summed E-state index contributed by atoms with van der Waals surface area (Å²) in [6, 6.07) is 7.13. The van der Waals surface area contributed by atoms with E-state index in [9.17, 15) is 4.39 Å². The van der Waals surface area contributed by atoms with Crippen LogP contribution in [0.4, 0.5) is 4.39 Å². The summed E-state index contributed by atoms with van der Waals surface area (Å²) in [6.07, 6.45) is 6.91. The van der Waals surface area contributed by atoms with Crippen molar-refractivity contribution in [3.05, 3.63) is 35.6 Å². The van der Waals surface area contributed by atoms with Crippen molar-refractivity contribution in [3.63, 3.8) is 0 Å². The molecule has 94 valence electrons. The van der Waals surface area contributed by atoms with Gasteiger partial charge in [0.1, 0.15) is 5.82 Å². The summed E-state index contributed by atoms with van der Waals surface area (Å²) in [7, 11) is 0. The molecule has 0 saturated heterocycles. The lowest BCUT2D eigenvalue weighted by molar-refractivity contribution is 0.331. The van der Waals surface area contributed by atoms with Crippen molar-refractivity contribution >= 4 is 0 Å². The molecule has 0 aliphatic heterocycles. The Balaban J connectivity index is 1.80. The van der Waals surface area contributed by atoms with Gasteiger partial charge >= 0.3 is 0 Å². The van der Waals surface area contributed by atoms with E-state index in [0.717, 1.165) is 12.5 Å². The molecule has 2 heteroatoms. The van der Waals surface area contributed by atoms with Gasteiger partial charge in [-0.05, 0) is 49.9 Å². The highest BCUT2D eigenvalue weighted by molar-refractivity contribution is 5.19. The number of hydrogen-bond acceptors (Lipinski definition) is 1. The van der Waals surface area contributed by atoms with Crippen LogP contribution in [0.3, 0.4) is 0 Å². The second-order valence-electron chi connectivity index (χ2n) is 5.19. The molecule has 1 aliphatic rings. The van der Waals surface area contributed by atoms with Gasteiger partial charge in [-0.25, -0.2) is 4.39 Å². The van der Waals surface area contributed by atoms with E-state index in [2.05, 4.69) is 12.2 Å². The van der Waals surface area contributed by atoms with Crippen molar-refractivity contribution in [2.24, 2.45) is 5.92 Å². The van der Waals surface area contributed by atoms with Gasteiger partial charge < -0.3 is 5.32 Å². The number of nitrogens with one attached hydrogen (secondary N) is 1. The standard InChI is InChI=1S/C15H22FN/c1-12(14-7-9-15(16)10-8-14)17-11-13-5-3-2-4-6-13/h7-10,12-13,17H,2-6,11H2,1H3. The molecule has 1 N–H and O–H groups in total. The first kappa shape index (κ1) is 12.6. The van der Waals surface area contributed by atoms with Gasteiger partial charge in [0.05, 0.1) is 0 Å². The van der Waals surface area contributed by atoms with Gasteiger partial charge in [-0.15, -0.1) is 0 Å². The van der Waals surface area contributed by atoms with Crippen molar-refractivity contribution in [3.8, 4) is 0 Å². The molecule has 1 nitrogen and oxygen atoms in total. The smallest absolute Gasteiger partial charge is 0.123 e. The normalized spacial score (nSPS) is 19.2. The summed E-state index contributed by atoms with van der Waals surface area (Å²) in [5.41, 5.74) is 1.17. The van der Waals surface area contributed by atoms with Crippen LogP contribution < -0.4 is 5.32 Å². The van der Waals surface area contributed by atoms with Gasteiger partial charge in [-0.3, -0.25) is 0 Å². The molecule has 0 radical (unpaired) electrons. The zero-order valence-electron chi connectivity index (χ0n) is 10.6. The fourth-order valence-corrected chi connectivity index (χ4v) is 2.60. The second-order valence-corrected chi connectivity index (χ2v) is 5.19. The second kappa shape index (κ2) is 6.15. The lowest BCUT2D eigenvalue weighted by atomic mass is 9.89. The molecule has 0 heterocycles. The topological polar surface area (TPSA) is 12.0 Å². The maximum absolute atomic E-state index is 12.8. The van der Waals surface area contributed by atoms with Crippen LogP contribution in [0.25, 0.3) is 0 Å². The molecule has 1 aromatic rings. The van der Waals surface area contributed by atoms with Crippen molar-refractivity contribution < 1.29 is 4.39 Å². The number of rotatable bonds is 4. The summed E-state index contributed by atoms with van der Waals surface area (Å²) in [6.45, 7) is 3.24. The molecule has 1 aliphatic carbocycles. The molecule has 1 aromatic carbocycles. The fraction of sp³-hybridized carbons (Fsp3) is 0.600. The maximum atomic E-state index is 12.8. The molecule has 0 bridgehead atoms. The summed E-state index contributed by atoms with van der Waals surface area (Å²) in [5.74, 6) is 0.680. The van der Waals surface area contributed by atoms with Gasteiger partial charge in [0, 0.05) is 6.04 Å². The zero-order valence-corrected chi connectivity index (χ0v) is 10.6. The Morgan fingerprint density at radius 3 is 2.47 bits per heavy atom. The van der Waals surface area contributed by atoms with Crippen LogP contribution in [0.15, 0.2) is 24.3 Å². The lowest BCUT2D eigenvalue weighted by Gasteiger charge is -2.24. The molecule has 1 unspecified atom stereocenters. The van der Waals surface area contributed by atoms with Crippen LogP contribution in [0, 0.1) is 11.7 Å². The van der Waals surface area contributed by atoms with Crippen LogP contribution in [-0.2, 0) is 0 Å². The molecule has 0 amide bonds. The molecule has 0 aromatic heterocycles. The van der Waals surface area contributed by atoms with E-state index in [-0.39, 0.29) is 5.82 Å². The average molecular weight is 235 g/mol. The minimum absolute atomic E-state index is 0.159. The van der Waals surface area contributed by atoms with Gasteiger partial charge in [-0.2, -0.15) is 0 Å². The Kier molecular flexibility index (Phi) is 4.55. The Labute approximate surface area is 103 Å². The highest BCUT2D eigenvalue weighted by Gasteiger charge is 2.14. The van der Waals surface area contributed by atoms with Crippen LogP contribution in [0.1, 0.15) is 50.6 Å². The summed E-state index contributed by atoms with van der Waals surface area (Å²) >= 11 is 0. The molecule has 1 fully saturated rings. The van der Waals surface area contributed by atoms with E-state index in [0.29, 0.717) is 6.04 Å². The van der Waals surface area contributed by atoms with Gasteiger partial charge in [0.2, 0.25) is 0 Å². The highest BCUT2D eigenvalue weighted by atomic mass is 19.1. The first-order valence-corrected chi connectivity index (χ1v) is 6.74. The van der Waals surface area contributed by atoms with Gasteiger partial charge in [-0.1, -0.05) is 31.4 Å². The zero-order chi connectivity index (χ0) is 12.1. The third-order valence-corrected chi connectivity index (χ3v) is 3.81. The van der Waals surface area contributed by atoms with E-state index in [4.69, 9.17) is 0 Å². The van der Waals surface area contributed by atoms with Crippen molar-refractivity contribution in [2.45, 2.75) is 45.1 Å². The number of benzene rings is 1. The summed E-state index contributed by atoms with van der Waals surface area (Å²) < 4.78 is 12.8. The van der Waals surface area contributed by atoms with Crippen LogP contribution >= 0.6 is 0 Å². The molecule has 0 spiro atoms. The van der Waals surface area contributed by atoms with Gasteiger partial charge in [0.15, 0.2) is 0 Å². The number of halogens is 1. The van der Waals surface area contributed by atoms with Crippen LogP contribution in [0.2, 0.25) is 0 Å². The minimum Gasteiger partial charge on any atom is -0.310 e. The minimum atomic E-state index is -0.159. The Morgan fingerprint density at radius 2 is 1.82 bits per heavy atom. The first-order valence-electron chi connectivity index (χ1n) is 6.74. The maximum Gasteiger partial charge on any atom is 0.123 e. The molecule has 1 saturated carbocycles. The summed E-state index contributed by atoms with van der Waals surface area (Å²) in [5, 5.41) is 3.57. The number of hydrogen-bond donors (Lipinski definition) is 1. The predicted molar refractivity (Wildman–Crippen MR) is 69.4 cm³/mol. The third-order valence-electron chi connectivity index (χ3n) is 3.81. The molecule has 17 heavy (non-hydrogen) atoms. The Bertz CT molecular complexity index is 327. The van der Waals surface area contributed by atoms with E-state index in [1.54, 1.807) is 0 Å². The third kappa shape index (κ3) is 3.81. The lowest BCUT2D eigenvalue weighted by Crippen LogP contribution is -2.27. The van der Waals surface area contributed by atoms with E-state index >= 15 is 0 Å². The Morgan fingerprint density at radius 1 is 1.18 bits per heavy atom. The first-order chi connectivity index (χ1) is 8.25. The molecular formula is C15H22FN.